The average molecular weight is 362 g/mol. The fourth-order valence-corrected chi connectivity index (χ4v) is 2.98. The maximum absolute atomic E-state index is 13.5. The summed E-state index contributed by atoms with van der Waals surface area (Å²) in [7, 11) is 1.55. The number of hydrogen-bond donors (Lipinski definition) is 1. The number of rotatable bonds is 4. The van der Waals surface area contributed by atoms with Gasteiger partial charge in [0, 0.05) is 18.0 Å². The predicted molar refractivity (Wildman–Crippen MR) is 94.7 cm³/mol. The molecule has 0 atom stereocenters. The zero-order chi connectivity index (χ0) is 18.9. The molecule has 0 spiro atoms. The van der Waals surface area contributed by atoms with Crippen LogP contribution in [0.5, 0.6) is 0 Å². The van der Waals surface area contributed by atoms with E-state index in [2.05, 4.69) is 0 Å². The van der Waals surface area contributed by atoms with Crippen molar-refractivity contribution in [3.8, 4) is 11.3 Å². The van der Waals surface area contributed by atoms with Gasteiger partial charge in [-0.1, -0.05) is 36.4 Å². The second-order valence-electron chi connectivity index (χ2n) is 5.88. The zero-order valence-corrected chi connectivity index (χ0v) is 14.0. The lowest BCUT2D eigenvalue weighted by Gasteiger charge is -2.26. The molecule has 0 saturated carbocycles. The fourth-order valence-electron chi connectivity index (χ4n) is 2.98. The van der Waals surface area contributed by atoms with Gasteiger partial charge in [0.05, 0.1) is 24.4 Å². The first kappa shape index (κ1) is 18.0. The molecule has 0 bridgehead atoms. The predicted octanol–water partition coefficient (Wildman–Crippen LogP) is 3.25. The number of alkyl halides is 3. The number of likely N-dealkylation sites (N-methyl/N-ethyl adjacent to an activating group) is 1. The Balaban J connectivity index is 2.39. The molecule has 0 aliphatic rings. The largest absolute Gasteiger partial charge is 0.417 e. The van der Waals surface area contributed by atoms with Gasteiger partial charge in [0.2, 0.25) is 0 Å². The second-order valence-corrected chi connectivity index (χ2v) is 5.88. The van der Waals surface area contributed by atoms with Gasteiger partial charge in [-0.3, -0.25) is 4.79 Å². The molecule has 0 unspecified atom stereocenters. The molecule has 2 aromatic carbocycles. The first-order valence-corrected chi connectivity index (χ1v) is 7.98. The van der Waals surface area contributed by atoms with E-state index in [-0.39, 0.29) is 24.4 Å². The summed E-state index contributed by atoms with van der Waals surface area (Å²) < 4.78 is 41.6. The van der Waals surface area contributed by atoms with Gasteiger partial charge in [0.15, 0.2) is 0 Å². The second kappa shape index (κ2) is 6.84. The van der Waals surface area contributed by atoms with Gasteiger partial charge in [-0.25, -0.2) is 4.68 Å². The van der Waals surface area contributed by atoms with E-state index in [0.29, 0.717) is 10.8 Å². The minimum absolute atomic E-state index is 0.0901. The highest BCUT2D eigenvalue weighted by Crippen LogP contribution is 2.37. The number of pyridine rings is 1. The molecule has 4 nitrogen and oxygen atoms in total. The van der Waals surface area contributed by atoms with Crippen LogP contribution < -0.4 is 10.6 Å². The van der Waals surface area contributed by atoms with E-state index in [1.165, 1.54) is 27.9 Å². The third kappa shape index (κ3) is 3.17. The average Bonchev–Trinajstić information content (AvgIpc) is 2.61. The van der Waals surface area contributed by atoms with Crippen LogP contribution in [0, 0.1) is 0 Å². The monoisotopic (exact) mass is 362 g/mol. The maximum atomic E-state index is 13.5. The Kier molecular flexibility index (Phi) is 4.73. The smallest absolute Gasteiger partial charge is 0.394 e. The molecule has 0 radical (unpaired) electrons. The molecule has 0 amide bonds. The molecule has 7 heteroatoms. The quantitative estimate of drug-likeness (QED) is 0.775. The summed E-state index contributed by atoms with van der Waals surface area (Å²) in [4.78, 5) is 13.0. The highest BCUT2D eigenvalue weighted by molar-refractivity contribution is 5.86. The third-order valence-electron chi connectivity index (χ3n) is 4.18. The Bertz CT molecular complexity index is 996. The Morgan fingerprint density at radius 3 is 2.42 bits per heavy atom. The number of fused-ring (bicyclic) bond motifs is 1. The third-order valence-corrected chi connectivity index (χ3v) is 4.18. The van der Waals surface area contributed by atoms with Crippen LogP contribution in [0.4, 0.5) is 13.2 Å². The first-order valence-electron chi connectivity index (χ1n) is 7.98. The highest BCUT2D eigenvalue weighted by atomic mass is 19.4. The molecule has 0 aliphatic heterocycles. The summed E-state index contributed by atoms with van der Waals surface area (Å²) >= 11 is 0. The minimum Gasteiger partial charge on any atom is -0.394 e. The minimum atomic E-state index is -4.56. The number of aliphatic hydroxyl groups is 1. The van der Waals surface area contributed by atoms with Crippen molar-refractivity contribution in [2.45, 2.75) is 6.18 Å². The van der Waals surface area contributed by atoms with Crippen molar-refractivity contribution in [3.63, 3.8) is 0 Å². The van der Waals surface area contributed by atoms with Crippen LogP contribution in [0.15, 0.2) is 59.4 Å². The van der Waals surface area contributed by atoms with E-state index in [4.69, 9.17) is 0 Å². The molecular weight excluding hydrogens is 345 g/mol. The molecule has 136 valence electrons. The van der Waals surface area contributed by atoms with Gasteiger partial charge in [0.1, 0.15) is 0 Å². The molecule has 0 fully saturated rings. The van der Waals surface area contributed by atoms with Crippen LogP contribution in [-0.2, 0) is 6.18 Å². The molecule has 3 aromatic rings. The van der Waals surface area contributed by atoms with Gasteiger partial charge in [0.25, 0.3) is 5.56 Å². The SMILES string of the molecule is CN(CCO)n1c(-c2ccccc2C(F)(F)F)cc2ccccc2c1=O. The van der Waals surface area contributed by atoms with E-state index >= 15 is 0 Å². The number of hydrogen-bond acceptors (Lipinski definition) is 3. The molecule has 0 saturated heterocycles. The molecule has 1 N–H and O–H groups in total. The fraction of sp³-hybridized carbons (Fsp3) is 0.211. The van der Waals surface area contributed by atoms with Crippen LogP contribution >= 0.6 is 0 Å². The number of nitrogens with zero attached hydrogens (tertiary/aromatic N) is 2. The maximum Gasteiger partial charge on any atom is 0.417 e. The van der Waals surface area contributed by atoms with Crippen molar-refractivity contribution in [1.29, 1.82) is 0 Å². The molecule has 3 rings (SSSR count). The van der Waals surface area contributed by atoms with Crippen molar-refractivity contribution in [2.75, 3.05) is 25.2 Å². The van der Waals surface area contributed by atoms with Crippen molar-refractivity contribution < 1.29 is 18.3 Å². The summed E-state index contributed by atoms with van der Waals surface area (Å²) in [5.74, 6) is 0. The van der Waals surface area contributed by atoms with Gasteiger partial charge < -0.3 is 10.1 Å². The lowest BCUT2D eigenvalue weighted by atomic mass is 10.0. The van der Waals surface area contributed by atoms with Crippen molar-refractivity contribution in [1.82, 2.24) is 4.68 Å². The summed E-state index contributed by atoms with van der Waals surface area (Å²) in [6.45, 7) is -0.143. The summed E-state index contributed by atoms with van der Waals surface area (Å²) in [5.41, 5.74) is -1.22. The Morgan fingerprint density at radius 1 is 1.08 bits per heavy atom. The van der Waals surface area contributed by atoms with Gasteiger partial charge in [-0.05, 0) is 23.6 Å². The topological polar surface area (TPSA) is 45.5 Å². The van der Waals surface area contributed by atoms with Gasteiger partial charge in [-0.2, -0.15) is 13.2 Å². The van der Waals surface area contributed by atoms with Crippen molar-refractivity contribution in [3.05, 3.63) is 70.5 Å². The van der Waals surface area contributed by atoms with Crippen LogP contribution in [0.1, 0.15) is 5.56 Å². The van der Waals surface area contributed by atoms with E-state index in [1.54, 1.807) is 37.4 Å². The standard InChI is InChI=1S/C19H17F3N2O2/c1-23(10-11-25)24-17(12-13-6-2-3-7-14(13)18(24)26)15-8-4-5-9-16(15)19(20,21)22/h2-9,12,25H,10-11H2,1H3. The van der Waals surface area contributed by atoms with Crippen LogP contribution in [0.25, 0.3) is 22.0 Å². The van der Waals surface area contributed by atoms with E-state index in [9.17, 15) is 23.1 Å². The Labute approximate surface area is 147 Å². The summed E-state index contributed by atoms with van der Waals surface area (Å²) in [6, 6.07) is 13.4. The van der Waals surface area contributed by atoms with Crippen molar-refractivity contribution in [2.24, 2.45) is 0 Å². The van der Waals surface area contributed by atoms with Crippen molar-refractivity contribution >= 4 is 10.8 Å². The molecule has 0 aliphatic carbocycles. The lowest BCUT2D eigenvalue weighted by Crippen LogP contribution is -2.42. The molecule has 26 heavy (non-hydrogen) atoms. The normalized spacial score (nSPS) is 11.7. The molecule has 1 heterocycles. The van der Waals surface area contributed by atoms with Crippen LogP contribution in [-0.4, -0.2) is 30.0 Å². The van der Waals surface area contributed by atoms with E-state index in [0.717, 1.165) is 6.07 Å². The summed E-state index contributed by atoms with van der Waals surface area (Å²) in [6.07, 6.45) is -4.56. The Hall–Kier alpha value is -2.80. The van der Waals surface area contributed by atoms with Crippen LogP contribution in [0.3, 0.4) is 0 Å². The van der Waals surface area contributed by atoms with Gasteiger partial charge in [-0.15, -0.1) is 0 Å². The van der Waals surface area contributed by atoms with Crippen LogP contribution in [0.2, 0.25) is 0 Å². The summed E-state index contributed by atoms with van der Waals surface area (Å²) in [5, 5.41) is 11.6. The Morgan fingerprint density at radius 2 is 1.73 bits per heavy atom. The van der Waals surface area contributed by atoms with Gasteiger partial charge >= 0.3 is 6.18 Å². The number of aromatic nitrogens is 1. The number of aliphatic hydroxyl groups excluding tert-OH is 1. The zero-order valence-electron chi connectivity index (χ0n) is 14.0. The lowest BCUT2D eigenvalue weighted by molar-refractivity contribution is -0.137. The van der Waals surface area contributed by atoms with E-state index in [1.807, 2.05) is 0 Å². The van der Waals surface area contributed by atoms with E-state index < -0.39 is 17.3 Å². The molecular formula is C19H17F3N2O2. The first-order chi connectivity index (χ1) is 12.3. The number of halogens is 3. The number of benzene rings is 2. The molecule has 1 aromatic heterocycles. The highest BCUT2D eigenvalue weighted by Gasteiger charge is 2.34.